The third-order valence-electron chi connectivity index (χ3n) is 1.64. The number of thiocarbonyl (C=S) groups is 1. The third kappa shape index (κ3) is 0.851. The van der Waals surface area contributed by atoms with Crippen molar-refractivity contribution >= 4 is 23.1 Å². The third-order valence-corrected chi connectivity index (χ3v) is 1.97. The Balaban J connectivity index is 2.69. The molecule has 2 rings (SSSR count). The summed E-state index contributed by atoms with van der Waals surface area (Å²) in [7, 11) is 0. The molecule has 1 aliphatic rings. The van der Waals surface area contributed by atoms with Crippen molar-refractivity contribution in [3.8, 4) is 0 Å². The first-order valence-electron chi connectivity index (χ1n) is 3.24. The Morgan fingerprint density at radius 2 is 1.82 bits per heavy atom. The van der Waals surface area contributed by atoms with Gasteiger partial charge in [-0.1, -0.05) is 30.4 Å². The van der Waals surface area contributed by atoms with Crippen molar-refractivity contribution in [2.45, 2.75) is 0 Å². The molecule has 1 amide bonds. The van der Waals surface area contributed by atoms with Gasteiger partial charge in [0.25, 0.3) is 5.91 Å². The number of carbonyl (C=O) groups excluding carboxylic acids is 1. The molecule has 1 aromatic carbocycles. The summed E-state index contributed by atoms with van der Waals surface area (Å²) in [6, 6.07) is 7.30. The van der Waals surface area contributed by atoms with Crippen molar-refractivity contribution in [1.29, 1.82) is 0 Å². The minimum atomic E-state index is -0.0920. The van der Waals surface area contributed by atoms with E-state index in [1.54, 1.807) is 6.07 Å². The van der Waals surface area contributed by atoms with Crippen LogP contribution in [0.3, 0.4) is 0 Å². The molecule has 0 bridgehead atoms. The number of nitrogens with one attached hydrogen (secondary N) is 1. The first-order chi connectivity index (χ1) is 5.29. The summed E-state index contributed by atoms with van der Waals surface area (Å²) in [6.07, 6.45) is 0. The van der Waals surface area contributed by atoms with Gasteiger partial charge in [-0.2, -0.15) is 0 Å². The molecule has 0 aromatic heterocycles. The molecule has 0 spiro atoms. The zero-order chi connectivity index (χ0) is 7.84. The highest BCUT2D eigenvalue weighted by atomic mass is 32.1. The average molecular weight is 163 g/mol. The molecule has 0 aliphatic carbocycles. The van der Waals surface area contributed by atoms with Gasteiger partial charge in [-0.3, -0.25) is 4.79 Å². The lowest BCUT2D eigenvalue weighted by molar-refractivity contribution is 0.0984. The number of carbonyl (C=O) groups is 1. The van der Waals surface area contributed by atoms with Crippen LogP contribution in [0.15, 0.2) is 24.3 Å². The summed E-state index contributed by atoms with van der Waals surface area (Å²) in [5.41, 5.74) is 1.52. The van der Waals surface area contributed by atoms with Crippen molar-refractivity contribution in [1.82, 2.24) is 5.32 Å². The van der Waals surface area contributed by atoms with Crippen LogP contribution in [0.2, 0.25) is 0 Å². The van der Waals surface area contributed by atoms with Gasteiger partial charge in [0.15, 0.2) is 0 Å². The molecule has 0 unspecified atom stereocenters. The quantitative estimate of drug-likeness (QED) is 0.580. The Kier molecular flexibility index (Phi) is 1.26. The van der Waals surface area contributed by atoms with Crippen LogP contribution < -0.4 is 5.32 Å². The zero-order valence-electron chi connectivity index (χ0n) is 5.63. The van der Waals surface area contributed by atoms with Gasteiger partial charge < -0.3 is 5.32 Å². The van der Waals surface area contributed by atoms with Gasteiger partial charge in [0, 0.05) is 11.1 Å². The van der Waals surface area contributed by atoms with Crippen LogP contribution in [0, 0.1) is 0 Å². The summed E-state index contributed by atoms with van der Waals surface area (Å²) >= 11 is 4.92. The molecule has 1 heterocycles. The van der Waals surface area contributed by atoms with Crippen molar-refractivity contribution < 1.29 is 4.79 Å². The van der Waals surface area contributed by atoms with Gasteiger partial charge >= 0.3 is 0 Å². The number of fused-ring (bicyclic) bond motifs is 1. The lowest BCUT2D eigenvalue weighted by atomic mass is 10.1. The Hall–Kier alpha value is -1.22. The van der Waals surface area contributed by atoms with Crippen LogP contribution >= 0.6 is 12.2 Å². The number of amides is 1. The van der Waals surface area contributed by atoms with Crippen molar-refractivity contribution in [2.75, 3.05) is 0 Å². The van der Waals surface area contributed by atoms with E-state index in [-0.39, 0.29) is 5.91 Å². The first kappa shape index (κ1) is 6.49. The Morgan fingerprint density at radius 1 is 1.18 bits per heavy atom. The summed E-state index contributed by atoms with van der Waals surface area (Å²) in [5.74, 6) is -0.0920. The topological polar surface area (TPSA) is 29.1 Å². The first-order valence-corrected chi connectivity index (χ1v) is 3.64. The van der Waals surface area contributed by atoms with Crippen LogP contribution in [-0.2, 0) is 0 Å². The molecule has 2 nitrogen and oxygen atoms in total. The van der Waals surface area contributed by atoms with Crippen LogP contribution in [0.4, 0.5) is 0 Å². The average Bonchev–Trinajstić information content (AvgIpc) is 2.30. The Labute approximate surface area is 69.2 Å². The fourth-order valence-electron chi connectivity index (χ4n) is 1.12. The monoisotopic (exact) mass is 163 g/mol. The van der Waals surface area contributed by atoms with Gasteiger partial charge in [0.2, 0.25) is 0 Å². The normalized spacial score (nSPS) is 14.5. The summed E-state index contributed by atoms with van der Waals surface area (Å²) < 4.78 is 0. The van der Waals surface area contributed by atoms with E-state index in [1.807, 2.05) is 18.2 Å². The molecule has 0 saturated carbocycles. The molecule has 1 aromatic rings. The van der Waals surface area contributed by atoms with E-state index in [1.165, 1.54) is 0 Å². The zero-order valence-corrected chi connectivity index (χ0v) is 6.44. The van der Waals surface area contributed by atoms with Crippen molar-refractivity contribution in [3.63, 3.8) is 0 Å². The molecular formula is C8H5NOS. The predicted molar refractivity (Wildman–Crippen MR) is 45.6 cm³/mol. The fraction of sp³-hybridized carbons (Fsp3) is 0. The Morgan fingerprint density at radius 3 is 2.45 bits per heavy atom. The fourth-order valence-corrected chi connectivity index (χ4v) is 1.39. The lowest BCUT2D eigenvalue weighted by Crippen LogP contribution is -2.18. The highest BCUT2D eigenvalue weighted by Crippen LogP contribution is 2.14. The van der Waals surface area contributed by atoms with Gasteiger partial charge in [0.05, 0.1) is 0 Å². The van der Waals surface area contributed by atoms with Gasteiger partial charge in [-0.25, -0.2) is 0 Å². The van der Waals surface area contributed by atoms with E-state index >= 15 is 0 Å². The van der Waals surface area contributed by atoms with Crippen molar-refractivity contribution in [3.05, 3.63) is 35.4 Å². The second-order valence-electron chi connectivity index (χ2n) is 2.33. The SMILES string of the molecule is O=C1NC(=S)c2ccccc21. The molecule has 0 saturated heterocycles. The molecule has 0 fully saturated rings. The molecule has 1 aliphatic heterocycles. The number of hydrogen-bond acceptors (Lipinski definition) is 2. The molecule has 54 valence electrons. The van der Waals surface area contributed by atoms with Gasteiger partial charge in [-0.05, 0) is 6.07 Å². The molecule has 0 atom stereocenters. The minimum Gasteiger partial charge on any atom is -0.312 e. The lowest BCUT2D eigenvalue weighted by Gasteiger charge is -1.90. The predicted octanol–water partition coefficient (Wildman–Crippen LogP) is 1.11. The van der Waals surface area contributed by atoms with Gasteiger partial charge in [0.1, 0.15) is 4.99 Å². The van der Waals surface area contributed by atoms with Crippen LogP contribution in [0.1, 0.15) is 15.9 Å². The minimum absolute atomic E-state index is 0.0920. The summed E-state index contributed by atoms with van der Waals surface area (Å²) in [6.45, 7) is 0. The highest BCUT2D eigenvalue weighted by molar-refractivity contribution is 7.80. The standard InChI is InChI=1S/C8H5NOS/c10-7-5-3-1-2-4-6(5)8(11)9-7/h1-4H,(H,9,10,11). The maximum absolute atomic E-state index is 11.1. The smallest absolute Gasteiger partial charge is 0.257 e. The van der Waals surface area contributed by atoms with E-state index in [0.29, 0.717) is 10.6 Å². The molecule has 11 heavy (non-hydrogen) atoms. The second kappa shape index (κ2) is 2.13. The maximum atomic E-state index is 11.1. The van der Waals surface area contributed by atoms with Crippen LogP contribution in [-0.4, -0.2) is 10.9 Å². The van der Waals surface area contributed by atoms with Crippen molar-refractivity contribution in [2.24, 2.45) is 0 Å². The largest absolute Gasteiger partial charge is 0.312 e. The molecule has 0 radical (unpaired) electrons. The number of benzene rings is 1. The van der Waals surface area contributed by atoms with E-state index < -0.39 is 0 Å². The summed E-state index contributed by atoms with van der Waals surface area (Å²) in [4.78, 5) is 11.6. The maximum Gasteiger partial charge on any atom is 0.257 e. The molecular weight excluding hydrogens is 158 g/mol. The molecule has 1 N–H and O–H groups in total. The van der Waals surface area contributed by atoms with E-state index in [0.717, 1.165) is 5.56 Å². The van der Waals surface area contributed by atoms with Crippen LogP contribution in [0.5, 0.6) is 0 Å². The summed E-state index contributed by atoms with van der Waals surface area (Å²) in [5, 5.41) is 2.57. The van der Waals surface area contributed by atoms with E-state index in [9.17, 15) is 4.79 Å². The second-order valence-corrected chi connectivity index (χ2v) is 2.74. The van der Waals surface area contributed by atoms with Crippen LogP contribution in [0.25, 0.3) is 0 Å². The highest BCUT2D eigenvalue weighted by Gasteiger charge is 2.21. The number of hydrogen-bond donors (Lipinski definition) is 1. The van der Waals surface area contributed by atoms with E-state index in [2.05, 4.69) is 5.32 Å². The number of rotatable bonds is 0. The van der Waals surface area contributed by atoms with E-state index in [4.69, 9.17) is 12.2 Å². The Bertz CT molecular complexity index is 313. The van der Waals surface area contributed by atoms with Gasteiger partial charge in [-0.15, -0.1) is 0 Å². The molecule has 3 heteroatoms.